The van der Waals surface area contributed by atoms with Gasteiger partial charge in [0.05, 0.1) is 21.0 Å². The van der Waals surface area contributed by atoms with E-state index in [-0.39, 0.29) is 11.6 Å². The third kappa shape index (κ3) is 3.12. The summed E-state index contributed by atoms with van der Waals surface area (Å²) in [5.41, 5.74) is 1.06. The maximum Gasteiger partial charge on any atom is 0.269 e. The van der Waals surface area contributed by atoms with Crippen molar-refractivity contribution in [3.8, 4) is 0 Å². The van der Waals surface area contributed by atoms with Gasteiger partial charge in [0.15, 0.2) is 0 Å². The largest absolute Gasteiger partial charge is 0.342 e. The molecule has 3 aromatic rings. The molecule has 0 spiro atoms. The zero-order chi connectivity index (χ0) is 18.4. The van der Waals surface area contributed by atoms with Gasteiger partial charge in [0, 0.05) is 24.6 Å². The maximum atomic E-state index is 12.7. The summed E-state index contributed by atoms with van der Waals surface area (Å²) in [6, 6.07) is 8.06. The highest BCUT2D eigenvalue weighted by Gasteiger charge is 2.25. The van der Waals surface area contributed by atoms with Gasteiger partial charge in [-0.25, -0.2) is 0 Å². The van der Waals surface area contributed by atoms with Gasteiger partial charge < -0.3 is 5.32 Å². The van der Waals surface area contributed by atoms with Crippen molar-refractivity contribution in [3.63, 3.8) is 0 Å². The van der Waals surface area contributed by atoms with E-state index in [9.17, 15) is 14.9 Å². The number of rotatable bonds is 4. The number of amides is 1. The summed E-state index contributed by atoms with van der Waals surface area (Å²) in [6.07, 6.45) is 0. The quantitative estimate of drug-likeness (QED) is 0.571. The Morgan fingerprint density at radius 1 is 1.32 bits per heavy atom. The lowest BCUT2D eigenvalue weighted by Gasteiger charge is -2.26. The summed E-state index contributed by atoms with van der Waals surface area (Å²) in [6.45, 7) is 5.65. The van der Waals surface area contributed by atoms with Crippen LogP contribution in [0.15, 0.2) is 30.3 Å². The van der Waals surface area contributed by atoms with E-state index < -0.39 is 10.5 Å². The predicted molar refractivity (Wildman–Crippen MR) is 96.9 cm³/mol. The molecule has 0 radical (unpaired) electrons. The first-order valence-corrected chi connectivity index (χ1v) is 8.51. The first-order valence-electron chi connectivity index (χ1n) is 7.69. The highest BCUT2D eigenvalue weighted by Crippen LogP contribution is 2.29. The van der Waals surface area contributed by atoms with Crippen LogP contribution in [0.25, 0.3) is 10.2 Å². The normalized spacial score (nSPS) is 11.7. The van der Waals surface area contributed by atoms with Crippen LogP contribution >= 0.6 is 11.3 Å². The molecule has 25 heavy (non-hydrogen) atoms. The number of hydrogen-bond acceptors (Lipinski definition) is 5. The van der Waals surface area contributed by atoms with Crippen molar-refractivity contribution < 1.29 is 9.72 Å². The van der Waals surface area contributed by atoms with E-state index in [0.717, 1.165) is 21.5 Å². The van der Waals surface area contributed by atoms with Crippen LogP contribution in [0.4, 0.5) is 5.69 Å². The molecule has 0 saturated heterocycles. The summed E-state index contributed by atoms with van der Waals surface area (Å²) in [4.78, 5) is 24.6. The summed E-state index contributed by atoms with van der Waals surface area (Å²) >= 11 is 1.39. The van der Waals surface area contributed by atoms with E-state index in [1.165, 1.54) is 23.5 Å². The Labute approximate surface area is 148 Å². The lowest BCUT2D eigenvalue weighted by molar-refractivity contribution is -0.384. The molecule has 1 amide bonds. The third-order valence-electron chi connectivity index (χ3n) is 4.15. The summed E-state index contributed by atoms with van der Waals surface area (Å²) < 4.78 is 1.77. The van der Waals surface area contributed by atoms with Crippen molar-refractivity contribution in [1.29, 1.82) is 0 Å². The Morgan fingerprint density at radius 3 is 2.52 bits per heavy atom. The molecule has 1 N–H and O–H groups in total. The van der Waals surface area contributed by atoms with Gasteiger partial charge in [0.25, 0.3) is 11.6 Å². The molecule has 0 aliphatic heterocycles. The van der Waals surface area contributed by atoms with Crippen molar-refractivity contribution in [1.82, 2.24) is 15.1 Å². The molecule has 2 aromatic heterocycles. The minimum absolute atomic E-state index is 0.0263. The average Bonchev–Trinajstić information content (AvgIpc) is 3.09. The number of nitro groups is 1. The summed E-state index contributed by atoms with van der Waals surface area (Å²) in [5, 5.41) is 19.1. The number of thiophene rings is 1. The van der Waals surface area contributed by atoms with Crippen molar-refractivity contribution >= 4 is 33.1 Å². The Balaban J connectivity index is 1.84. The number of carbonyl (C=O) groups excluding carboxylic acids is 1. The molecule has 0 bridgehead atoms. The molecule has 8 heteroatoms. The van der Waals surface area contributed by atoms with E-state index in [1.807, 2.05) is 33.9 Å². The number of aryl methyl sites for hydroxylation is 2. The molecule has 0 fully saturated rings. The number of nitro benzene ring substituents is 1. The van der Waals surface area contributed by atoms with Crippen LogP contribution in [-0.2, 0) is 12.6 Å². The van der Waals surface area contributed by atoms with E-state index >= 15 is 0 Å². The van der Waals surface area contributed by atoms with Crippen molar-refractivity contribution in [2.24, 2.45) is 7.05 Å². The Hall–Kier alpha value is -2.74. The molecule has 1 aromatic carbocycles. The Kier molecular flexibility index (Phi) is 4.08. The summed E-state index contributed by atoms with van der Waals surface area (Å²) in [7, 11) is 1.86. The number of nitrogens with zero attached hydrogens (tertiary/aromatic N) is 3. The zero-order valence-corrected chi connectivity index (χ0v) is 15.2. The molecule has 130 valence electrons. The fourth-order valence-corrected chi connectivity index (χ4v) is 3.75. The van der Waals surface area contributed by atoms with Gasteiger partial charge in [-0.2, -0.15) is 5.10 Å². The van der Waals surface area contributed by atoms with Gasteiger partial charge in [0.2, 0.25) is 0 Å². The maximum absolute atomic E-state index is 12.7. The van der Waals surface area contributed by atoms with Crippen LogP contribution < -0.4 is 5.32 Å². The summed E-state index contributed by atoms with van der Waals surface area (Å²) in [5.74, 6) is -0.177. The van der Waals surface area contributed by atoms with Crippen molar-refractivity contribution in [3.05, 3.63) is 56.6 Å². The van der Waals surface area contributed by atoms with Crippen molar-refractivity contribution in [2.75, 3.05) is 0 Å². The Bertz CT molecular complexity index is 935. The van der Waals surface area contributed by atoms with Gasteiger partial charge in [-0.15, -0.1) is 11.3 Å². The molecule has 0 saturated carbocycles. The number of non-ortho nitro benzene ring substituents is 1. The Morgan fingerprint density at radius 2 is 1.96 bits per heavy atom. The molecule has 2 heterocycles. The van der Waals surface area contributed by atoms with Crippen LogP contribution in [0.1, 0.15) is 34.8 Å². The fraction of sp³-hybridized carbons (Fsp3) is 0.294. The highest BCUT2D eigenvalue weighted by atomic mass is 32.1. The zero-order valence-electron chi connectivity index (χ0n) is 14.4. The average molecular weight is 358 g/mol. The molecule has 0 unspecified atom stereocenters. The van der Waals surface area contributed by atoms with E-state index in [4.69, 9.17) is 0 Å². The molecule has 0 aliphatic rings. The SMILES string of the molecule is Cc1nn(C)c2sc(C(=O)NC(C)(C)c3ccc([N+](=O)[O-])cc3)cc12. The van der Waals surface area contributed by atoms with Crippen LogP contribution in [0, 0.1) is 17.0 Å². The highest BCUT2D eigenvalue weighted by molar-refractivity contribution is 7.20. The minimum atomic E-state index is -0.657. The number of hydrogen-bond donors (Lipinski definition) is 1. The number of aromatic nitrogens is 2. The monoisotopic (exact) mass is 358 g/mol. The lowest BCUT2D eigenvalue weighted by atomic mass is 9.94. The molecular formula is C17H18N4O3S. The molecule has 7 nitrogen and oxygen atoms in total. The van der Waals surface area contributed by atoms with Gasteiger partial charge >= 0.3 is 0 Å². The van der Waals surface area contributed by atoms with Crippen LogP contribution in [0.2, 0.25) is 0 Å². The smallest absolute Gasteiger partial charge is 0.269 e. The van der Waals surface area contributed by atoms with Crippen LogP contribution in [0.5, 0.6) is 0 Å². The number of nitrogens with one attached hydrogen (secondary N) is 1. The lowest BCUT2D eigenvalue weighted by Crippen LogP contribution is -2.40. The molecule has 0 aliphatic carbocycles. The first-order chi connectivity index (χ1) is 11.7. The standard InChI is InChI=1S/C17H18N4O3S/c1-10-13-9-14(25-16(13)20(4)19-10)15(22)18-17(2,3)11-5-7-12(8-6-11)21(23)24/h5-9H,1-4H3,(H,18,22). The second-order valence-corrected chi connectivity index (χ2v) is 7.45. The molecule has 3 rings (SSSR count). The third-order valence-corrected chi connectivity index (χ3v) is 5.35. The second-order valence-electron chi connectivity index (χ2n) is 6.42. The molecular weight excluding hydrogens is 340 g/mol. The van der Waals surface area contributed by atoms with Gasteiger partial charge in [-0.05, 0) is 44.5 Å². The van der Waals surface area contributed by atoms with Gasteiger partial charge in [0.1, 0.15) is 4.83 Å². The predicted octanol–water partition coefficient (Wildman–Crippen LogP) is 3.52. The van der Waals surface area contributed by atoms with E-state index in [0.29, 0.717) is 4.88 Å². The number of fused-ring (bicyclic) bond motifs is 1. The van der Waals surface area contributed by atoms with E-state index in [1.54, 1.807) is 16.8 Å². The second kappa shape index (κ2) is 5.96. The van der Waals surface area contributed by atoms with E-state index in [2.05, 4.69) is 10.4 Å². The number of benzene rings is 1. The molecule has 0 atom stereocenters. The topological polar surface area (TPSA) is 90.1 Å². The van der Waals surface area contributed by atoms with Gasteiger partial charge in [-0.1, -0.05) is 0 Å². The fourth-order valence-electron chi connectivity index (χ4n) is 2.73. The number of carbonyl (C=O) groups is 1. The van der Waals surface area contributed by atoms with Crippen LogP contribution in [-0.4, -0.2) is 20.6 Å². The minimum Gasteiger partial charge on any atom is -0.342 e. The van der Waals surface area contributed by atoms with Crippen LogP contribution in [0.3, 0.4) is 0 Å². The van der Waals surface area contributed by atoms with Crippen molar-refractivity contribution in [2.45, 2.75) is 26.3 Å². The first kappa shape index (κ1) is 17.1. The van der Waals surface area contributed by atoms with Gasteiger partial charge in [-0.3, -0.25) is 19.6 Å².